The first-order valence-corrected chi connectivity index (χ1v) is 10.5. The van der Waals surface area contributed by atoms with Gasteiger partial charge >= 0.3 is 5.97 Å². The summed E-state index contributed by atoms with van der Waals surface area (Å²) in [5, 5.41) is 9.79. The van der Waals surface area contributed by atoms with Crippen LogP contribution in [0.25, 0.3) is 17.0 Å². The van der Waals surface area contributed by atoms with Crippen molar-refractivity contribution in [2.24, 2.45) is 0 Å². The van der Waals surface area contributed by atoms with E-state index in [1.54, 1.807) is 4.90 Å². The number of alkyl halides is 1. The summed E-state index contributed by atoms with van der Waals surface area (Å²) in [6.45, 7) is 4.82. The van der Waals surface area contributed by atoms with Crippen LogP contribution in [0.3, 0.4) is 0 Å². The molecule has 0 bridgehead atoms. The molecule has 0 aliphatic carbocycles. The van der Waals surface area contributed by atoms with Gasteiger partial charge in [-0.2, -0.15) is 0 Å². The Hall–Kier alpha value is -3.06. The van der Waals surface area contributed by atoms with Crippen LogP contribution in [-0.4, -0.2) is 39.2 Å². The van der Waals surface area contributed by atoms with Crippen LogP contribution in [0.5, 0.6) is 0 Å². The molecule has 168 valence electrons. The molecule has 2 N–H and O–H groups in total. The third-order valence-electron chi connectivity index (χ3n) is 5.87. The first-order valence-electron chi connectivity index (χ1n) is 10.5. The summed E-state index contributed by atoms with van der Waals surface area (Å²) in [5.74, 6) is -2.82. The second-order valence-electron chi connectivity index (χ2n) is 8.98. The summed E-state index contributed by atoms with van der Waals surface area (Å²) >= 11 is 0. The van der Waals surface area contributed by atoms with Crippen LogP contribution in [0, 0.1) is 11.6 Å². The van der Waals surface area contributed by atoms with Gasteiger partial charge in [-0.25, -0.2) is 18.0 Å². The molecule has 4 rings (SSSR count). The van der Waals surface area contributed by atoms with Gasteiger partial charge in [-0.15, -0.1) is 0 Å². The van der Waals surface area contributed by atoms with Crippen LogP contribution in [0.4, 0.5) is 13.2 Å². The normalized spacial score (nSPS) is 19.6. The lowest BCUT2D eigenvalue weighted by atomic mass is 9.87. The average molecular weight is 442 g/mol. The fourth-order valence-corrected chi connectivity index (χ4v) is 4.63. The van der Waals surface area contributed by atoms with Crippen LogP contribution in [0.2, 0.25) is 0 Å². The molecule has 0 amide bonds. The van der Waals surface area contributed by atoms with Crippen molar-refractivity contribution in [2.75, 3.05) is 6.54 Å². The summed E-state index contributed by atoms with van der Waals surface area (Å²) < 4.78 is 45.4. The molecule has 1 aliphatic heterocycles. The number of aliphatic carboxylic acids is 1. The maximum atomic E-state index is 15.3. The number of hydrogen-bond acceptors (Lipinski definition) is 2. The van der Waals surface area contributed by atoms with Crippen LogP contribution in [-0.2, 0) is 11.2 Å². The van der Waals surface area contributed by atoms with Gasteiger partial charge in [-0.3, -0.25) is 4.90 Å². The molecule has 0 saturated heterocycles. The van der Waals surface area contributed by atoms with Crippen LogP contribution in [0.1, 0.15) is 49.2 Å². The van der Waals surface area contributed by atoms with Gasteiger partial charge in [0.15, 0.2) is 0 Å². The lowest BCUT2D eigenvalue weighted by Crippen LogP contribution is -2.48. The largest absolute Gasteiger partial charge is 0.478 e. The number of H-pyrrole nitrogens is 1. The second kappa shape index (κ2) is 8.13. The van der Waals surface area contributed by atoms with Gasteiger partial charge in [0.05, 0.1) is 6.04 Å². The topological polar surface area (TPSA) is 56.3 Å². The van der Waals surface area contributed by atoms with Gasteiger partial charge in [0.1, 0.15) is 17.3 Å². The van der Waals surface area contributed by atoms with Crippen molar-refractivity contribution in [3.05, 3.63) is 76.5 Å². The maximum absolute atomic E-state index is 15.3. The zero-order valence-corrected chi connectivity index (χ0v) is 18.1. The van der Waals surface area contributed by atoms with E-state index in [1.807, 2.05) is 31.2 Å². The quantitative estimate of drug-likeness (QED) is 0.504. The summed E-state index contributed by atoms with van der Waals surface area (Å²) in [5.41, 5.74) is 0.829. The Balaban J connectivity index is 1.92. The van der Waals surface area contributed by atoms with Gasteiger partial charge in [0.2, 0.25) is 0 Å². The minimum atomic E-state index is -1.58. The van der Waals surface area contributed by atoms with E-state index in [4.69, 9.17) is 5.11 Å². The number of para-hydroxylation sites is 1. The predicted molar refractivity (Wildman–Crippen MR) is 118 cm³/mol. The number of carboxylic acid groups (broad SMARTS) is 1. The monoisotopic (exact) mass is 442 g/mol. The van der Waals surface area contributed by atoms with Crippen LogP contribution < -0.4 is 0 Å². The van der Waals surface area contributed by atoms with Crippen molar-refractivity contribution >= 4 is 22.9 Å². The smallest absolute Gasteiger partial charge is 0.328 e. The molecule has 1 aliphatic rings. The molecule has 0 saturated carbocycles. The molecule has 0 radical (unpaired) electrons. The van der Waals surface area contributed by atoms with Crippen molar-refractivity contribution in [1.29, 1.82) is 0 Å². The highest BCUT2D eigenvalue weighted by molar-refractivity contribution is 5.86. The molecule has 1 aromatic heterocycles. The Morgan fingerprint density at radius 3 is 2.53 bits per heavy atom. The van der Waals surface area contributed by atoms with Crippen molar-refractivity contribution in [2.45, 2.75) is 44.9 Å². The van der Waals surface area contributed by atoms with Gasteiger partial charge in [0, 0.05) is 40.8 Å². The van der Waals surface area contributed by atoms with E-state index in [0.717, 1.165) is 40.8 Å². The average Bonchev–Trinajstić information content (AvgIpc) is 3.05. The predicted octanol–water partition coefficient (Wildman–Crippen LogP) is 5.63. The Morgan fingerprint density at radius 2 is 1.91 bits per heavy atom. The molecule has 2 atom stereocenters. The number of aromatic amines is 1. The van der Waals surface area contributed by atoms with E-state index in [-0.39, 0.29) is 23.7 Å². The summed E-state index contributed by atoms with van der Waals surface area (Å²) in [6.07, 6.45) is 2.58. The number of halogens is 3. The Kier molecular flexibility index (Phi) is 5.63. The molecular weight excluding hydrogens is 417 g/mol. The number of nitrogens with zero attached hydrogens (tertiary/aromatic N) is 1. The second-order valence-corrected chi connectivity index (χ2v) is 8.98. The van der Waals surface area contributed by atoms with E-state index < -0.39 is 29.3 Å². The maximum Gasteiger partial charge on any atom is 0.328 e. The number of benzene rings is 2. The molecule has 0 fully saturated rings. The van der Waals surface area contributed by atoms with E-state index >= 15 is 8.78 Å². The van der Waals surface area contributed by atoms with Gasteiger partial charge in [-0.1, -0.05) is 18.2 Å². The fraction of sp³-hybridized carbons (Fsp3) is 0.320. The van der Waals surface area contributed by atoms with Crippen molar-refractivity contribution < 1.29 is 23.1 Å². The molecule has 32 heavy (non-hydrogen) atoms. The molecule has 7 heteroatoms. The number of nitrogens with one attached hydrogen (secondary N) is 1. The summed E-state index contributed by atoms with van der Waals surface area (Å²) in [6, 6.07) is 8.88. The van der Waals surface area contributed by atoms with Gasteiger partial charge in [0.25, 0.3) is 0 Å². The zero-order valence-electron chi connectivity index (χ0n) is 18.1. The minimum Gasteiger partial charge on any atom is -0.478 e. The van der Waals surface area contributed by atoms with Crippen LogP contribution >= 0.6 is 0 Å². The van der Waals surface area contributed by atoms with Crippen molar-refractivity contribution in [1.82, 2.24) is 9.88 Å². The van der Waals surface area contributed by atoms with Crippen LogP contribution in [0.15, 0.2) is 42.5 Å². The highest BCUT2D eigenvalue weighted by Gasteiger charge is 2.40. The Labute approximate surface area is 184 Å². The van der Waals surface area contributed by atoms with Gasteiger partial charge in [-0.05, 0) is 62.6 Å². The number of aromatic nitrogens is 1. The molecule has 0 spiro atoms. The lowest BCUT2D eigenvalue weighted by Gasteiger charge is -2.43. The Morgan fingerprint density at radius 1 is 1.25 bits per heavy atom. The SMILES string of the molecule is CC1Cc2c([nH]c3ccccc23)C(c2c(F)cc(/C=C\C(=O)O)cc2F)N1CC(C)(C)F. The molecule has 2 aromatic carbocycles. The highest BCUT2D eigenvalue weighted by Crippen LogP contribution is 2.43. The van der Waals surface area contributed by atoms with E-state index in [1.165, 1.54) is 13.8 Å². The summed E-state index contributed by atoms with van der Waals surface area (Å²) in [4.78, 5) is 15.9. The lowest BCUT2D eigenvalue weighted by molar-refractivity contribution is -0.131. The Bertz CT molecular complexity index is 1190. The number of hydrogen-bond donors (Lipinski definition) is 2. The zero-order chi connectivity index (χ0) is 23.2. The third kappa shape index (κ3) is 4.17. The number of carbonyl (C=O) groups is 1. The molecular formula is C25H25F3N2O2. The minimum absolute atomic E-state index is 0.00676. The van der Waals surface area contributed by atoms with E-state index in [0.29, 0.717) is 12.1 Å². The molecule has 2 heterocycles. The summed E-state index contributed by atoms with van der Waals surface area (Å²) in [7, 11) is 0. The fourth-order valence-electron chi connectivity index (χ4n) is 4.63. The molecule has 4 nitrogen and oxygen atoms in total. The molecule has 3 aromatic rings. The van der Waals surface area contributed by atoms with Crippen molar-refractivity contribution in [3.63, 3.8) is 0 Å². The molecule has 2 unspecified atom stereocenters. The number of carboxylic acids is 1. The number of fused-ring (bicyclic) bond motifs is 3. The highest BCUT2D eigenvalue weighted by atomic mass is 19.1. The van der Waals surface area contributed by atoms with Gasteiger partial charge < -0.3 is 10.1 Å². The van der Waals surface area contributed by atoms with E-state index in [9.17, 15) is 9.18 Å². The first kappa shape index (κ1) is 22.1. The third-order valence-corrected chi connectivity index (χ3v) is 5.87. The number of rotatable bonds is 5. The van der Waals surface area contributed by atoms with Crippen molar-refractivity contribution in [3.8, 4) is 0 Å². The standard InChI is InChI=1S/C25H25F3N2O2/c1-14-10-17-16-6-4-5-7-20(16)29-23(17)24(30(14)13-25(2,3)28)22-18(26)11-15(12-19(22)27)8-9-21(31)32/h4-9,11-12,14,24,29H,10,13H2,1-3H3,(H,31,32)/b9-8-. The van der Waals surface area contributed by atoms with E-state index in [2.05, 4.69) is 4.98 Å². The first-order chi connectivity index (χ1) is 15.0.